The Kier molecular flexibility index (Phi) is 6.73. The van der Waals surface area contributed by atoms with Gasteiger partial charge in [0.05, 0.1) is 12.7 Å². The summed E-state index contributed by atoms with van der Waals surface area (Å²) in [7, 11) is 1.64. The number of amides is 1. The van der Waals surface area contributed by atoms with E-state index in [1.54, 1.807) is 7.11 Å². The number of fused-ring (bicyclic) bond motifs is 1. The van der Waals surface area contributed by atoms with Gasteiger partial charge in [0.2, 0.25) is 0 Å². The molecule has 2 fully saturated rings. The summed E-state index contributed by atoms with van der Waals surface area (Å²) in [6.45, 7) is 9.86. The van der Waals surface area contributed by atoms with E-state index in [0.29, 0.717) is 23.1 Å². The van der Waals surface area contributed by atoms with Gasteiger partial charge < -0.3 is 19.9 Å². The van der Waals surface area contributed by atoms with Crippen molar-refractivity contribution in [2.24, 2.45) is 11.8 Å². The number of halogens is 1. The van der Waals surface area contributed by atoms with E-state index in [-0.39, 0.29) is 5.91 Å². The molecule has 2 aromatic rings. The number of rotatable bonds is 7. The number of ether oxygens (including phenoxy) is 1. The van der Waals surface area contributed by atoms with Gasteiger partial charge in [-0.05, 0) is 68.0 Å². The number of nitrogens with zero attached hydrogens (tertiary/aromatic N) is 2. The van der Waals surface area contributed by atoms with Crippen LogP contribution in [0.4, 0.5) is 5.69 Å². The van der Waals surface area contributed by atoms with E-state index in [0.717, 1.165) is 67.5 Å². The highest BCUT2D eigenvalue weighted by molar-refractivity contribution is 6.31. The molecule has 0 radical (unpaired) electrons. The Hall–Kier alpha value is -2.24. The fourth-order valence-corrected chi connectivity index (χ4v) is 5.12. The van der Waals surface area contributed by atoms with Crippen LogP contribution < -0.4 is 10.1 Å². The zero-order valence-corrected chi connectivity index (χ0v) is 19.4. The molecule has 1 N–H and O–H groups in total. The third-order valence-corrected chi connectivity index (χ3v) is 7.05. The first-order chi connectivity index (χ1) is 15.0. The highest BCUT2D eigenvalue weighted by Crippen LogP contribution is 2.33. The number of carbonyl (C=O) groups is 1. The number of methoxy groups -OCH3 is 1. The average Bonchev–Trinajstić information content (AvgIpc) is 3.32. The summed E-state index contributed by atoms with van der Waals surface area (Å²) < 4.78 is 5.50. The molecule has 0 bridgehead atoms. The number of carbonyl (C=O) groups excluding carboxylic acids is 1. The maximum Gasteiger partial charge on any atom is 0.257 e. The Morgan fingerprint density at radius 3 is 2.52 bits per heavy atom. The minimum absolute atomic E-state index is 0.0995. The van der Waals surface area contributed by atoms with Crippen LogP contribution in [-0.2, 0) is 0 Å². The van der Waals surface area contributed by atoms with E-state index in [2.05, 4.69) is 16.3 Å². The molecule has 2 heterocycles. The first-order valence-electron chi connectivity index (χ1n) is 11.1. The summed E-state index contributed by atoms with van der Waals surface area (Å²) in [6.07, 6.45) is 1.09. The predicted molar refractivity (Wildman–Crippen MR) is 126 cm³/mol. The second kappa shape index (κ2) is 9.49. The number of para-hydroxylation sites is 1. The SMILES string of the molecule is COc1c(C)cccc1C(=O)N1CC2CN(CCCNc3ccc(C)c(Cl)c3)CC2C1. The zero-order chi connectivity index (χ0) is 22.0. The predicted octanol–water partition coefficient (Wildman–Crippen LogP) is 4.47. The number of hydrogen-bond donors (Lipinski definition) is 1. The van der Waals surface area contributed by atoms with Crippen LogP contribution in [0.2, 0.25) is 5.02 Å². The van der Waals surface area contributed by atoms with Crippen molar-refractivity contribution < 1.29 is 9.53 Å². The summed E-state index contributed by atoms with van der Waals surface area (Å²) in [5, 5.41) is 4.27. The van der Waals surface area contributed by atoms with Crippen molar-refractivity contribution in [1.82, 2.24) is 9.80 Å². The molecular formula is C25H32ClN3O2. The number of likely N-dealkylation sites (tertiary alicyclic amines) is 2. The van der Waals surface area contributed by atoms with Gasteiger partial charge in [-0.15, -0.1) is 0 Å². The molecule has 2 saturated heterocycles. The lowest BCUT2D eigenvalue weighted by molar-refractivity contribution is 0.0770. The molecule has 1 amide bonds. The normalized spacial score (nSPS) is 20.7. The Bertz CT molecular complexity index is 934. The fourth-order valence-electron chi connectivity index (χ4n) is 4.94. The van der Waals surface area contributed by atoms with Crippen molar-refractivity contribution in [3.05, 3.63) is 58.1 Å². The van der Waals surface area contributed by atoms with Gasteiger partial charge >= 0.3 is 0 Å². The van der Waals surface area contributed by atoms with E-state index in [1.807, 2.05) is 49.1 Å². The molecule has 5 nitrogen and oxygen atoms in total. The Morgan fingerprint density at radius 1 is 1.10 bits per heavy atom. The van der Waals surface area contributed by atoms with Gasteiger partial charge in [-0.2, -0.15) is 0 Å². The second-order valence-electron chi connectivity index (χ2n) is 8.89. The monoisotopic (exact) mass is 441 g/mol. The van der Waals surface area contributed by atoms with Crippen molar-refractivity contribution in [3.8, 4) is 5.75 Å². The number of anilines is 1. The molecule has 0 saturated carbocycles. The van der Waals surface area contributed by atoms with E-state index >= 15 is 0 Å². The molecule has 2 aliphatic heterocycles. The van der Waals surface area contributed by atoms with Crippen LogP contribution in [0.1, 0.15) is 27.9 Å². The van der Waals surface area contributed by atoms with Gasteiger partial charge in [0, 0.05) is 43.4 Å². The molecule has 4 rings (SSSR count). The molecule has 2 unspecified atom stereocenters. The van der Waals surface area contributed by atoms with Gasteiger partial charge in [0.15, 0.2) is 0 Å². The molecule has 0 aliphatic carbocycles. The highest BCUT2D eigenvalue weighted by Gasteiger charge is 2.41. The summed E-state index contributed by atoms with van der Waals surface area (Å²) in [6, 6.07) is 11.9. The minimum atomic E-state index is 0.0995. The summed E-state index contributed by atoms with van der Waals surface area (Å²) in [5.41, 5.74) is 3.86. The molecule has 31 heavy (non-hydrogen) atoms. The topological polar surface area (TPSA) is 44.8 Å². The van der Waals surface area contributed by atoms with Crippen LogP contribution >= 0.6 is 11.6 Å². The Morgan fingerprint density at radius 2 is 1.84 bits per heavy atom. The van der Waals surface area contributed by atoms with Crippen LogP contribution in [-0.4, -0.2) is 62.1 Å². The molecule has 0 spiro atoms. The first kappa shape index (κ1) is 22.0. The van der Waals surface area contributed by atoms with Crippen molar-refractivity contribution in [2.45, 2.75) is 20.3 Å². The molecular weight excluding hydrogens is 410 g/mol. The number of benzene rings is 2. The maximum atomic E-state index is 13.1. The lowest BCUT2D eigenvalue weighted by Crippen LogP contribution is -2.34. The second-order valence-corrected chi connectivity index (χ2v) is 9.30. The number of hydrogen-bond acceptors (Lipinski definition) is 4. The summed E-state index contributed by atoms with van der Waals surface area (Å²) >= 11 is 6.20. The van der Waals surface area contributed by atoms with Crippen LogP contribution in [0, 0.1) is 25.7 Å². The quantitative estimate of drug-likeness (QED) is 0.644. The summed E-state index contributed by atoms with van der Waals surface area (Å²) in [5.74, 6) is 1.95. The highest BCUT2D eigenvalue weighted by atomic mass is 35.5. The smallest absolute Gasteiger partial charge is 0.257 e. The van der Waals surface area contributed by atoms with Gasteiger partial charge in [-0.1, -0.05) is 29.8 Å². The van der Waals surface area contributed by atoms with E-state index in [1.165, 1.54) is 0 Å². The average molecular weight is 442 g/mol. The maximum absolute atomic E-state index is 13.1. The van der Waals surface area contributed by atoms with Gasteiger partial charge in [0.1, 0.15) is 5.75 Å². The van der Waals surface area contributed by atoms with Gasteiger partial charge in [-0.3, -0.25) is 4.79 Å². The third-order valence-electron chi connectivity index (χ3n) is 6.65. The largest absolute Gasteiger partial charge is 0.496 e. The molecule has 2 aliphatic rings. The van der Waals surface area contributed by atoms with Crippen LogP contribution in [0.25, 0.3) is 0 Å². The number of aryl methyl sites for hydroxylation is 2. The first-order valence-corrected chi connectivity index (χ1v) is 11.5. The van der Waals surface area contributed by atoms with E-state index < -0.39 is 0 Å². The fraction of sp³-hybridized carbons (Fsp3) is 0.480. The molecule has 2 aromatic carbocycles. The Labute approximate surface area is 190 Å². The van der Waals surface area contributed by atoms with Crippen LogP contribution in [0.5, 0.6) is 5.75 Å². The van der Waals surface area contributed by atoms with Crippen LogP contribution in [0.15, 0.2) is 36.4 Å². The third kappa shape index (κ3) is 4.83. The van der Waals surface area contributed by atoms with Crippen LogP contribution in [0.3, 0.4) is 0 Å². The van der Waals surface area contributed by atoms with Gasteiger partial charge in [-0.25, -0.2) is 0 Å². The van der Waals surface area contributed by atoms with E-state index in [9.17, 15) is 4.79 Å². The number of nitrogens with one attached hydrogen (secondary N) is 1. The molecule has 2 atom stereocenters. The lowest BCUT2D eigenvalue weighted by Gasteiger charge is -2.22. The lowest BCUT2D eigenvalue weighted by atomic mass is 10.0. The molecule has 166 valence electrons. The van der Waals surface area contributed by atoms with Crippen molar-refractivity contribution in [1.29, 1.82) is 0 Å². The standard InChI is InChI=1S/C25H32ClN3O2/c1-17-8-9-21(12-23(17)26)27-10-5-11-28-13-19-15-29(16-20(19)14-28)25(30)22-7-4-6-18(2)24(22)31-3/h4,6-9,12,19-20,27H,5,10-11,13-16H2,1-3H3. The Balaban J connectivity index is 1.23. The van der Waals surface area contributed by atoms with Gasteiger partial charge in [0.25, 0.3) is 5.91 Å². The van der Waals surface area contributed by atoms with E-state index in [4.69, 9.17) is 16.3 Å². The molecule has 0 aromatic heterocycles. The van der Waals surface area contributed by atoms with Crippen molar-refractivity contribution in [3.63, 3.8) is 0 Å². The minimum Gasteiger partial charge on any atom is -0.496 e. The van der Waals surface area contributed by atoms with Crippen molar-refractivity contribution >= 4 is 23.2 Å². The summed E-state index contributed by atoms with van der Waals surface area (Å²) in [4.78, 5) is 17.7. The molecule has 6 heteroatoms. The van der Waals surface area contributed by atoms with Crippen molar-refractivity contribution in [2.75, 3.05) is 51.7 Å². The zero-order valence-electron chi connectivity index (χ0n) is 18.7.